The summed E-state index contributed by atoms with van der Waals surface area (Å²) in [6, 6.07) is 27.6. The van der Waals surface area contributed by atoms with E-state index < -0.39 is 18.3 Å². The van der Waals surface area contributed by atoms with Crippen LogP contribution in [-0.2, 0) is 9.31 Å². The van der Waals surface area contributed by atoms with Crippen LogP contribution in [0, 0.1) is 4.91 Å². The summed E-state index contributed by atoms with van der Waals surface area (Å²) < 4.78 is 12.5. The van der Waals surface area contributed by atoms with E-state index in [1.807, 2.05) is 113 Å². The van der Waals surface area contributed by atoms with Crippen LogP contribution in [0.15, 0.2) is 90.1 Å². The van der Waals surface area contributed by atoms with Gasteiger partial charge in [-0.05, 0) is 56.0 Å². The van der Waals surface area contributed by atoms with Crippen molar-refractivity contribution in [1.29, 1.82) is 0 Å². The van der Waals surface area contributed by atoms with Crippen molar-refractivity contribution in [3.63, 3.8) is 0 Å². The fourth-order valence-corrected chi connectivity index (χ4v) is 5.07. The zero-order valence-electron chi connectivity index (χ0n) is 21.9. The maximum absolute atomic E-state index is 12.0. The second kappa shape index (κ2) is 8.76. The average Bonchev–Trinajstić information content (AvgIpc) is 3.14. The van der Waals surface area contributed by atoms with Crippen LogP contribution in [0.4, 0.5) is 11.4 Å². The van der Waals surface area contributed by atoms with E-state index in [2.05, 4.69) is 5.18 Å². The first-order valence-electron chi connectivity index (χ1n) is 12.7. The molecule has 2 N–H and O–H groups in total. The Kier molecular flexibility index (Phi) is 5.60. The van der Waals surface area contributed by atoms with Gasteiger partial charge in [-0.1, -0.05) is 72.8 Å². The lowest BCUT2D eigenvalue weighted by Crippen LogP contribution is -2.41. The molecule has 4 aromatic carbocycles. The first-order chi connectivity index (χ1) is 18.2. The molecule has 0 amide bonds. The van der Waals surface area contributed by atoms with E-state index in [-0.39, 0.29) is 5.69 Å². The van der Waals surface area contributed by atoms with E-state index in [0.29, 0.717) is 11.3 Å². The molecule has 0 radical (unpaired) electrons. The molecule has 0 spiro atoms. The molecule has 2 heterocycles. The molecule has 1 aliphatic rings. The normalized spacial score (nSPS) is 16.3. The van der Waals surface area contributed by atoms with Gasteiger partial charge in [-0.25, -0.2) is 4.98 Å². The summed E-state index contributed by atoms with van der Waals surface area (Å²) in [5.74, 6) is 0. The van der Waals surface area contributed by atoms with Crippen molar-refractivity contribution < 1.29 is 9.31 Å². The molecule has 0 atom stereocenters. The van der Waals surface area contributed by atoms with Crippen LogP contribution in [0.5, 0.6) is 0 Å². The Bertz CT molecular complexity index is 1680. The summed E-state index contributed by atoms with van der Waals surface area (Å²) in [7, 11) is -0.447. The Hall–Kier alpha value is -4.07. The molecule has 5 aromatic rings. The van der Waals surface area contributed by atoms with Gasteiger partial charge in [0.1, 0.15) is 5.69 Å². The summed E-state index contributed by atoms with van der Waals surface area (Å²) in [6.45, 7) is 8.18. The van der Waals surface area contributed by atoms with Crippen molar-refractivity contribution >= 4 is 45.6 Å². The molecule has 1 aromatic heterocycles. The van der Waals surface area contributed by atoms with Crippen molar-refractivity contribution in [2.45, 2.75) is 38.9 Å². The third-order valence-electron chi connectivity index (χ3n) is 7.88. The van der Waals surface area contributed by atoms with Crippen LogP contribution in [-0.4, -0.2) is 23.3 Å². The maximum atomic E-state index is 12.0. The molecule has 188 valence electrons. The number of nitroso groups, excluding NO2 is 1. The Morgan fingerprint density at radius 1 is 0.789 bits per heavy atom. The van der Waals surface area contributed by atoms with E-state index in [0.717, 1.165) is 44.0 Å². The lowest BCUT2D eigenvalue weighted by molar-refractivity contribution is 0.00578. The second-order valence-electron chi connectivity index (χ2n) is 10.8. The van der Waals surface area contributed by atoms with E-state index in [4.69, 9.17) is 20.0 Å². The second-order valence-corrected chi connectivity index (χ2v) is 10.8. The number of pyridine rings is 1. The lowest BCUT2D eigenvalue weighted by Gasteiger charge is -2.32. The molecule has 7 heteroatoms. The first-order valence-corrected chi connectivity index (χ1v) is 12.7. The van der Waals surface area contributed by atoms with Crippen molar-refractivity contribution in [2.75, 3.05) is 5.73 Å². The quantitative estimate of drug-likeness (QED) is 0.124. The summed E-state index contributed by atoms with van der Waals surface area (Å²) in [6.07, 6.45) is 0. The highest BCUT2D eigenvalue weighted by Crippen LogP contribution is 2.45. The van der Waals surface area contributed by atoms with Crippen LogP contribution in [0.1, 0.15) is 27.7 Å². The molecule has 1 saturated heterocycles. The van der Waals surface area contributed by atoms with Crippen LogP contribution < -0.4 is 11.2 Å². The van der Waals surface area contributed by atoms with Gasteiger partial charge in [0.2, 0.25) is 0 Å². The number of rotatable bonds is 4. The van der Waals surface area contributed by atoms with E-state index in [1.54, 1.807) is 0 Å². The minimum atomic E-state index is -0.447. The summed E-state index contributed by atoms with van der Waals surface area (Å²) in [5, 5.41) is 5.87. The van der Waals surface area contributed by atoms with E-state index >= 15 is 0 Å². The predicted molar refractivity (Wildman–Crippen MR) is 156 cm³/mol. The molecular weight excluding hydrogens is 473 g/mol. The van der Waals surface area contributed by atoms with E-state index in [9.17, 15) is 4.91 Å². The number of nitrogens with two attached hydrogens (primary N) is 1. The first kappa shape index (κ1) is 24.3. The van der Waals surface area contributed by atoms with Gasteiger partial charge >= 0.3 is 7.12 Å². The highest BCUT2D eigenvalue weighted by Gasteiger charge is 2.51. The van der Waals surface area contributed by atoms with Crippen LogP contribution >= 0.6 is 0 Å². The number of nitrogen functional groups attached to an aromatic ring is 1. The summed E-state index contributed by atoms with van der Waals surface area (Å²) in [4.78, 5) is 17.1. The van der Waals surface area contributed by atoms with Gasteiger partial charge in [-0.3, -0.25) is 0 Å². The molecule has 0 bridgehead atoms. The average molecular weight is 501 g/mol. The van der Waals surface area contributed by atoms with Gasteiger partial charge in [0, 0.05) is 27.3 Å². The number of fused-ring (bicyclic) bond motifs is 3. The number of benzene rings is 4. The number of hydrogen-bond acceptors (Lipinski definition) is 6. The van der Waals surface area contributed by atoms with Crippen molar-refractivity contribution in [1.82, 2.24) is 4.98 Å². The van der Waals surface area contributed by atoms with Crippen molar-refractivity contribution in [3.8, 4) is 22.4 Å². The fourth-order valence-electron chi connectivity index (χ4n) is 5.07. The Morgan fingerprint density at radius 3 is 2.08 bits per heavy atom. The van der Waals surface area contributed by atoms with Crippen LogP contribution in [0.3, 0.4) is 0 Å². The van der Waals surface area contributed by atoms with Gasteiger partial charge in [-0.2, -0.15) is 0 Å². The topological polar surface area (TPSA) is 86.8 Å². The zero-order valence-corrected chi connectivity index (χ0v) is 21.9. The van der Waals surface area contributed by atoms with Crippen molar-refractivity contribution in [3.05, 3.63) is 89.8 Å². The molecular formula is C31H28BN3O3. The highest BCUT2D eigenvalue weighted by atomic mass is 16.7. The number of anilines is 1. The molecule has 0 unspecified atom stereocenters. The van der Waals surface area contributed by atoms with Gasteiger partial charge < -0.3 is 15.0 Å². The Labute approximate surface area is 221 Å². The Balaban J connectivity index is 1.56. The molecule has 1 fully saturated rings. The summed E-state index contributed by atoms with van der Waals surface area (Å²) >= 11 is 0. The molecule has 6 nitrogen and oxygen atoms in total. The standard InChI is InChI=1S/C31H28BN3O3/c1-30(2)31(3,4)38-32(37-30)21-16-14-20(15-17-21)28-24-18-23(19-10-6-5-7-11-19)29(35-36)27(33)26(24)22-12-8-9-13-25(22)34-28/h5-18H,33H2,1-4H3. The fraction of sp³-hybridized carbons (Fsp3) is 0.194. The minimum absolute atomic E-state index is 0.238. The predicted octanol–water partition coefficient (Wildman–Crippen LogP) is 7.00. The monoisotopic (exact) mass is 501 g/mol. The van der Waals surface area contributed by atoms with Gasteiger partial charge in [-0.15, -0.1) is 4.91 Å². The lowest BCUT2D eigenvalue weighted by atomic mass is 9.78. The molecule has 38 heavy (non-hydrogen) atoms. The smallest absolute Gasteiger partial charge is 0.399 e. The molecule has 1 aliphatic heterocycles. The van der Waals surface area contributed by atoms with Crippen molar-refractivity contribution in [2.24, 2.45) is 5.18 Å². The van der Waals surface area contributed by atoms with Crippen LogP contribution in [0.2, 0.25) is 0 Å². The largest absolute Gasteiger partial charge is 0.494 e. The summed E-state index contributed by atoms with van der Waals surface area (Å²) in [5.41, 5.74) is 11.4. The zero-order chi connectivity index (χ0) is 26.7. The van der Waals surface area contributed by atoms with Gasteiger partial charge in [0.25, 0.3) is 0 Å². The number of nitrogens with zero attached hydrogens (tertiary/aromatic N) is 2. The maximum Gasteiger partial charge on any atom is 0.494 e. The SMILES string of the molecule is CC1(C)OB(c2ccc(-c3nc4ccccc4c4c(N)c(N=O)c(-c5ccccc5)cc34)cc2)OC1(C)C. The van der Waals surface area contributed by atoms with Gasteiger partial charge in [0.15, 0.2) is 0 Å². The Morgan fingerprint density at radius 2 is 1.42 bits per heavy atom. The minimum Gasteiger partial charge on any atom is -0.399 e. The third-order valence-corrected chi connectivity index (χ3v) is 7.88. The number of hydrogen-bond donors (Lipinski definition) is 1. The molecule has 0 saturated carbocycles. The third kappa shape index (κ3) is 3.78. The van der Waals surface area contributed by atoms with Crippen LogP contribution in [0.25, 0.3) is 44.1 Å². The number of para-hydroxylation sites is 1. The van der Waals surface area contributed by atoms with E-state index in [1.165, 1.54) is 0 Å². The molecule has 6 rings (SSSR count). The number of aromatic nitrogens is 1. The molecule has 0 aliphatic carbocycles. The van der Waals surface area contributed by atoms with Gasteiger partial charge in [0.05, 0.1) is 28.1 Å². The highest BCUT2D eigenvalue weighted by molar-refractivity contribution is 6.62.